The number of nitrogens with one attached hydrogen (secondary N) is 1. The second-order valence-corrected chi connectivity index (χ2v) is 5.96. The Bertz CT molecular complexity index is 847. The Kier molecular flexibility index (Phi) is 4.48. The number of aromatic nitrogens is 1. The molecule has 4 nitrogen and oxygen atoms in total. The largest absolute Gasteiger partial charge is 0.506 e. The molecule has 0 unspecified atom stereocenters. The SMILES string of the molecule is CSc1ccc(CNC(=O)c2ccc3cccc(O)c3n2)cc1. The van der Waals surface area contributed by atoms with E-state index in [1.165, 1.54) is 4.90 Å². The zero-order valence-corrected chi connectivity index (χ0v) is 13.4. The van der Waals surface area contributed by atoms with Crippen LogP contribution < -0.4 is 5.32 Å². The molecule has 0 saturated carbocycles. The van der Waals surface area contributed by atoms with E-state index in [-0.39, 0.29) is 11.7 Å². The number of hydrogen-bond acceptors (Lipinski definition) is 4. The average Bonchev–Trinajstić information content (AvgIpc) is 2.60. The van der Waals surface area contributed by atoms with Crippen LogP contribution in [0.5, 0.6) is 5.75 Å². The van der Waals surface area contributed by atoms with Gasteiger partial charge in [-0.05, 0) is 36.1 Å². The van der Waals surface area contributed by atoms with Crippen molar-refractivity contribution < 1.29 is 9.90 Å². The third-order valence-corrected chi connectivity index (χ3v) is 4.29. The summed E-state index contributed by atoms with van der Waals surface area (Å²) >= 11 is 1.68. The summed E-state index contributed by atoms with van der Waals surface area (Å²) in [5.74, 6) is -0.186. The van der Waals surface area contributed by atoms with Gasteiger partial charge in [-0.2, -0.15) is 0 Å². The number of carbonyl (C=O) groups excluding carboxylic acids is 1. The topological polar surface area (TPSA) is 62.2 Å². The van der Waals surface area contributed by atoms with Crippen LogP contribution in [-0.4, -0.2) is 22.3 Å². The second kappa shape index (κ2) is 6.71. The van der Waals surface area contributed by atoms with Crippen molar-refractivity contribution in [3.05, 3.63) is 65.9 Å². The molecule has 0 aliphatic carbocycles. The number of nitrogens with zero attached hydrogens (tertiary/aromatic N) is 1. The number of phenolic OH excluding ortho intramolecular Hbond substituents is 1. The lowest BCUT2D eigenvalue weighted by atomic mass is 10.2. The van der Waals surface area contributed by atoms with Crippen LogP contribution in [0, 0.1) is 0 Å². The molecule has 3 rings (SSSR count). The number of benzene rings is 2. The lowest BCUT2D eigenvalue weighted by Gasteiger charge is -2.07. The van der Waals surface area contributed by atoms with Crippen molar-refractivity contribution in [2.75, 3.05) is 6.26 Å². The molecule has 3 aromatic rings. The summed E-state index contributed by atoms with van der Waals surface area (Å²) in [7, 11) is 0. The van der Waals surface area contributed by atoms with Gasteiger partial charge in [-0.3, -0.25) is 4.79 Å². The van der Waals surface area contributed by atoms with Crippen molar-refractivity contribution >= 4 is 28.6 Å². The minimum absolute atomic E-state index is 0.0739. The Morgan fingerprint density at radius 1 is 1.13 bits per heavy atom. The molecular weight excluding hydrogens is 308 g/mol. The number of para-hydroxylation sites is 1. The second-order valence-electron chi connectivity index (χ2n) is 5.08. The highest BCUT2D eigenvalue weighted by Crippen LogP contribution is 2.22. The van der Waals surface area contributed by atoms with E-state index in [0.717, 1.165) is 10.9 Å². The summed E-state index contributed by atoms with van der Waals surface area (Å²) in [6.07, 6.45) is 2.03. The van der Waals surface area contributed by atoms with Crippen molar-refractivity contribution in [1.29, 1.82) is 0 Å². The molecule has 0 saturated heterocycles. The summed E-state index contributed by atoms with van der Waals surface area (Å²) in [6, 6.07) is 16.6. The molecular formula is C18H16N2O2S. The van der Waals surface area contributed by atoms with Gasteiger partial charge in [0.15, 0.2) is 0 Å². The molecule has 5 heteroatoms. The highest BCUT2D eigenvalue weighted by atomic mass is 32.2. The molecule has 1 aromatic heterocycles. The fraction of sp³-hybridized carbons (Fsp3) is 0.111. The standard InChI is InChI=1S/C18H16N2O2S/c1-23-14-8-5-12(6-9-14)11-19-18(22)15-10-7-13-3-2-4-16(21)17(13)20-15/h2-10,21H,11H2,1H3,(H,19,22). The van der Waals surface area contributed by atoms with E-state index in [1.807, 2.05) is 36.6 Å². The minimum atomic E-state index is -0.260. The maximum Gasteiger partial charge on any atom is 0.270 e. The summed E-state index contributed by atoms with van der Waals surface area (Å²) in [4.78, 5) is 17.7. The Labute approximate surface area is 138 Å². The molecule has 0 radical (unpaired) electrons. The van der Waals surface area contributed by atoms with Crippen LogP contribution in [0.15, 0.2) is 59.5 Å². The highest BCUT2D eigenvalue weighted by Gasteiger charge is 2.09. The number of aromatic hydroxyl groups is 1. The normalized spacial score (nSPS) is 10.7. The lowest BCUT2D eigenvalue weighted by molar-refractivity contribution is 0.0946. The van der Waals surface area contributed by atoms with Crippen LogP contribution in [0.25, 0.3) is 10.9 Å². The average molecular weight is 324 g/mol. The third kappa shape index (κ3) is 3.46. The molecule has 0 aliphatic heterocycles. The van der Waals surface area contributed by atoms with Crippen molar-refractivity contribution in [2.24, 2.45) is 0 Å². The first-order valence-corrected chi connectivity index (χ1v) is 8.40. The smallest absolute Gasteiger partial charge is 0.270 e. The first-order valence-electron chi connectivity index (χ1n) is 7.17. The van der Waals surface area contributed by atoms with Crippen LogP contribution in [0.3, 0.4) is 0 Å². The van der Waals surface area contributed by atoms with Crippen LogP contribution in [0.2, 0.25) is 0 Å². The number of carbonyl (C=O) groups is 1. The van der Waals surface area contributed by atoms with Gasteiger partial charge in [-0.1, -0.05) is 30.3 Å². The van der Waals surface area contributed by atoms with Gasteiger partial charge in [0.1, 0.15) is 17.0 Å². The van der Waals surface area contributed by atoms with E-state index >= 15 is 0 Å². The molecule has 1 amide bonds. The molecule has 1 heterocycles. The summed E-state index contributed by atoms with van der Waals surface area (Å²) in [5.41, 5.74) is 1.75. The summed E-state index contributed by atoms with van der Waals surface area (Å²) in [6.45, 7) is 0.438. The van der Waals surface area contributed by atoms with E-state index < -0.39 is 0 Å². The molecule has 2 aromatic carbocycles. The van der Waals surface area contributed by atoms with Crippen molar-refractivity contribution in [3.8, 4) is 5.75 Å². The Morgan fingerprint density at radius 3 is 2.65 bits per heavy atom. The number of hydrogen-bond donors (Lipinski definition) is 2. The molecule has 0 atom stereocenters. The molecule has 116 valence electrons. The van der Waals surface area contributed by atoms with Crippen molar-refractivity contribution in [1.82, 2.24) is 10.3 Å². The third-order valence-electron chi connectivity index (χ3n) is 3.54. The Hall–Kier alpha value is -2.53. The highest BCUT2D eigenvalue weighted by molar-refractivity contribution is 7.98. The van der Waals surface area contributed by atoms with Gasteiger partial charge in [-0.25, -0.2) is 4.98 Å². The van der Waals surface area contributed by atoms with Crippen molar-refractivity contribution in [3.63, 3.8) is 0 Å². The van der Waals surface area contributed by atoms with E-state index in [1.54, 1.807) is 36.0 Å². The molecule has 0 aliphatic rings. The minimum Gasteiger partial charge on any atom is -0.506 e. The predicted molar refractivity (Wildman–Crippen MR) is 92.8 cm³/mol. The maximum absolute atomic E-state index is 12.2. The fourth-order valence-corrected chi connectivity index (χ4v) is 2.68. The van der Waals surface area contributed by atoms with Gasteiger partial charge in [0.25, 0.3) is 5.91 Å². The van der Waals surface area contributed by atoms with Crippen LogP contribution in [-0.2, 0) is 6.54 Å². The summed E-state index contributed by atoms with van der Waals surface area (Å²) in [5, 5.41) is 13.5. The predicted octanol–water partition coefficient (Wildman–Crippen LogP) is 3.59. The number of fused-ring (bicyclic) bond motifs is 1. The lowest BCUT2D eigenvalue weighted by Crippen LogP contribution is -2.23. The van der Waals surface area contributed by atoms with Gasteiger partial charge in [-0.15, -0.1) is 11.8 Å². The number of rotatable bonds is 4. The van der Waals surface area contributed by atoms with Crippen LogP contribution >= 0.6 is 11.8 Å². The van der Waals surface area contributed by atoms with E-state index in [4.69, 9.17) is 0 Å². The van der Waals surface area contributed by atoms with Gasteiger partial charge >= 0.3 is 0 Å². The molecule has 0 bridgehead atoms. The Balaban J connectivity index is 1.73. The molecule has 23 heavy (non-hydrogen) atoms. The van der Waals surface area contributed by atoms with Gasteiger partial charge in [0.2, 0.25) is 0 Å². The van der Waals surface area contributed by atoms with Gasteiger partial charge in [0.05, 0.1) is 0 Å². The molecule has 0 fully saturated rings. The first-order chi connectivity index (χ1) is 11.2. The number of pyridine rings is 1. The zero-order valence-electron chi connectivity index (χ0n) is 12.6. The monoisotopic (exact) mass is 324 g/mol. The number of amides is 1. The fourth-order valence-electron chi connectivity index (χ4n) is 2.27. The summed E-state index contributed by atoms with van der Waals surface area (Å²) < 4.78 is 0. The van der Waals surface area contributed by atoms with E-state index in [2.05, 4.69) is 10.3 Å². The zero-order chi connectivity index (χ0) is 16.2. The number of thioether (sulfide) groups is 1. The maximum atomic E-state index is 12.2. The van der Waals surface area contributed by atoms with Crippen LogP contribution in [0.1, 0.15) is 16.1 Å². The number of phenols is 1. The van der Waals surface area contributed by atoms with Crippen molar-refractivity contribution in [2.45, 2.75) is 11.4 Å². The van der Waals surface area contributed by atoms with Crippen LogP contribution in [0.4, 0.5) is 0 Å². The van der Waals surface area contributed by atoms with Gasteiger partial charge < -0.3 is 10.4 Å². The van der Waals surface area contributed by atoms with Gasteiger partial charge in [0, 0.05) is 16.8 Å². The molecule has 2 N–H and O–H groups in total. The van der Waals surface area contributed by atoms with E-state index in [9.17, 15) is 9.90 Å². The molecule has 0 spiro atoms. The first kappa shape index (κ1) is 15.4. The Morgan fingerprint density at radius 2 is 1.91 bits per heavy atom. The quantitative estimate of drug-likeness (QED) is 0.720. The van der Waals surface area contributed by atoms with E-state index in [0.29, 0.717) is 17.8 Å².